The average molecular weight is 598 g/mol. The van der Waals surface area contributed by atoms with E-state index < -0.39 is 19.9 Å². The summed E-state index contributed by atoms with van der Waals surface area (Å²) in [6.45, 7) is 9.56. The number of carbonyl (C=O) groups excluding carboxylic acids is 2. The van der Waals surface area contributed by atoms with Crippen molar-refractivity contribution in [2.45, 2.75) is 58.6 Å². The third kappa shape index (κ3) is 7.46. The minimum Gasteiger partial charge on any atom is -0.489 e. The number of hydrogen-bond donors (Lipinski definition) is 0. The molecule has 5 rings (SSSR count). The summed E-state index contributed by atoms with van der Waals surface area (Å²) in [5.74, 6) is -1.32. The third-order valence-electron chi connectivity index (χ3n) is 8.17. The Morgan fingerprint density at radius 2 is 1.72 bits per heavy atom. The van der Waals surface area contributed by atoms with Gasteiger partial charge in [0.15, 0.2) is 5.78 Å². The fraction of sp³-hybridized carbons (Fsp3) is 0.382. The fourth-order valence-electron chi connectivity index (χ4n) is 5.69. The van der Waals surface area contributed by atoms with Crippen LogP contribution < -0.4 is 10.3 Å². The van der Waals surface area contributed by atoms with E-state index in [4.69, 9.17) is 9.47 Å². The zero-order chi connectivity index (χ0) is 30.6. The van der Waals surface area contributed by atoms with E-state index in [-0.39, 0.29) is 29.8 Å². The molecule has 0 amide bonds. The summed E-state index contributed by atoms with van der Waals surface area (Å²) < 4.78 is 13.0. The molecule has 0 saturated heterocycles. The number of carbonyl (C=O) groups is 2. The number of hydrogen-bond acceptors (Lipinski definition) is 7. The Balaban J connectivity index is 1.35. The maximum Gasteiger partial charge on any atom is 0.310 e. The molecule has 1 aliphatic rings. The van der Waals surface area contributed by atoms with Crippen molar-refractivity contribution in [3.8, 4) is 5.75 Å². The van der Waals surface area contributed by atoms with Crippen LogP contribution in [0.2, 0.25) is 25.7 Å². The van der Waals surface area contributed by atoms with Gasteiger partial charge in [0.2, 0.25) is 0 Å². The lowest BCUT2D eigenvalue weighted by Crippen LogP contribution is -2.36. The van der Waals surface area contributed by atoms with Crippen molar-refractivity contribution in [2.75, 3.05) is 6.61 Å². The number of nitrogens with zero attached hydrogens (tertiary/aromatic N) is 3. The minimum atomic E-state index is -1.43. The predicted octanol–water partition coefficient (Wildman–Crippen LogP) is 6.09. The second-order valence-corrected chi connectivity index (χ2v) is 18.3. The van der Waals surface area contributed by atoms with E-state index >= 15 is 0 Å². The Bertz CT molecular complexity index is 1650. The van der Waals surface area contributed by atoms with Gasteiger partial charge in [-0.2, -0.15) is 0 Å². The van der Waals surface area contributed by atoms with Gasteiger partial charge in [0.1, 0.15) is 17.9 Å². The number of benzene rings is 3. The first kappa shape index (κ1) is 30.3. The summed E-state index contributed by atoms with van der Waals surface area (Å²) in [5, 5.41) is 8.90. The minimum absolute atomic E-state index is 0.100. The number of esters is 1. The van der Waals surface area contributed by atoms with Gasteiger partial charge in [0, 0.05) is 19.6 Å². The highest BCUT2D eigenvalue weighted by atomic mass is 28.3. The molecule has 8 nitrogen and oxygen atoms in total. The van der Waals surface area contributed by atoms with E-state index in [0.717, 1.165) is 17.2 Å². The number of fused-ring (bicyclic) bond motifs is 1. The molecule has 0 aliphatic heterocycles. The van der Waals surface area contributed by atoms with E-state index in [9.17, 15) is 14.4 Å². The summed E-state index contributed by atoms with van der Waals surface area (Å²) in [6, 6.07) is 23.3. The molecule has 9 heteroatoms. The van der Waals surface area contributed by atoms with Gasteiger partial charge < -0.3 is 9.47 Å². The molecular formula is C34H39N3O5Si. The number of aromatic nitrogens is 3. The molecule has 0 N–H and O–H groups in total. The van der Waals surface area contributed by atoms with Gasteiger partial charge in [-0.3, -0.25) is 14.4 Å². The zero-order valence-corrected chi connectivity index (χ0v) is 26.3. The summed E-state index contributed by atoms with van der Waals surface area (Å²) in [5.41, 5.74) is 2.82. The van der Waals surface area contributed by atoms with Gasteiger partial charge in [-0.15, -0.1) is 5.10 Å². The van der Waals surface area contributed by atoms with Crippen LogP contribution in [0.1, 0.15) is 34.3 Å². The molecule has 3 unspecified atom stereocenters. The summed E-state index contributed by atoms with van der Waals surface area (Å²) >= 11 is 0. The third-order valence-corrected chi connectivity index (χ3v) is 9.87. The van der Waals surface area contributed by atoms with Crippen molar-refractivity contribution < 1.29 is 19.1 Å². The average Bonchev–Trinajstić information content (AvgIpc) is 3.41. The Morgan fingerprint density at radius 3 is 2.44 bits per heavy atom. The lowest BCUT2D eigenvalue weighted by Gasteiger charge is -2.24. The van der Waals surface area contributed by atoms with Gasteiger partial charge in [-0.25, -0.2) is 4.68 Å². The lowest BCUT2D eigenvalue weighted by atomic mass is 9.84. The molecule has 1 heterocycles. The maximum absolute atomic E-state index is 13.8. The molecule has 1 fully saturated rings. The molecule has 0 radical (unpaired) electrons. The SMILES string of the molecule is Cc1ccc2nnn(CC3CCC(C(=O)c4ccc(OCc5ccccc5)cc4)C3C(=O)OCC[Si](C)(C)C)c(=O)c2c1. The van der Waals surface area contributed by atoms with Gasteiger partial charge >= 0.3 is 5.97 Å². The number of ketones is 1. The van der Waals surface area contributed by atoms with E-state index in [1.807, 2.05) is 43.3 Å². The Morgan fingerprint density at radius 1 is 0.977 bits per heavy atom. The van der Waals surface area contributed by atoms with Gasteiger partial charge in [0.25, 0.3) is 5.56 Å². The Kier molecular flexibility index (Phi) is 9.20. The number of rotatable bonds is 11. The monoisotopic (exact) mass is 597 g/mol. The molecule has 3 aromatic carbocycles. The lowest BCUT2D eigenvalue weighted by molar-refractivity contribution is -0.150. The molecular weight excluding hydrogens is 558 g/mol. The molecule has 43 heavy (non-hydrogen) atoms. The molecule has 224 valence electrons. The highest BCUT2D eigenvalue weighted by Gasteiger charge is 2.46. The molecule has 3 atom stereocenters. The van der Waals surface area contributed by atoms with Crippen LogP contribution >= 0.6 is 0 Å². The van der Waals surface area contributed by atoms with Crippen LogP contribution in [-0.4, -0.2) is 41.4 Å². The Hall–Kier alpha value is -4.11. The number of Topliss-reactive ketones (excluding diaryl/α,β-unsaturated/α-hetero) is 1. The Labute approximate surface area is 253 Å². The summed E-state index contributed by atoms with van der Waals surface area (Å²) in [7, 11) is -1.43. The first-order valence-electron chi connectivity index (χ1n) is 14.9. The van der Waals surface area contributed by atoms with Crippen LogP contribution in [0.5, 0.6) is 5.75 Å². The van der Waals surface area contributed by atoms with Gasteiger partial charge in [-0.05, 0) is 73.7 Å². The van der Waals surface area contributed by atoms with E-state index in [0.29, 0.717) is 48.3 Å². The van der Waals surface area contributed by atoms with Crippen molar-refractivity contribution in [2.24, 2.45) is 17.8 Å². The standard InChI is InChI=1S/C34H39N3O5Si/c1-23-10-17-30-29(20-23)33(39)37(36-35-30)21-26-13-16-28(31(26)34(40)41-18-19-43(2,3)4)32(38)25-11-14-27(15-12-25)42-22-24-8-6-5-7-9-24/h5-12,14-15,17,20,26,28,31H,13,16,18-19,21-22H2,1-4H3. The van der Waals surface area contributed by atoms with Crippen LogP contribution in [-0.2, 0) is 22.7 Å². The topological polar surface area (TPSA) is 100 Å². The van der Waals surface area contributed by atoms with Gasteiger partial charge in [0.05, 0.1) is 24.5 Å². The second-order valence-electron chi connectivity index (χ2n) is 12.7. The quantitative estimate of drug-likeness (QED) is 0.117. The fourth-order valence-corrected chi connectivity index (χ4v) is 6.41. The molecule has 1 aliphatic carbocycles. The predicted molar refractivity (Wildman–Crippen MR) is 169 cm³/mol. The zero-order valence-electron chi connectivity index (χ0n) is 25.3. The molecule has 0 spiro atoms. The molecule has 4 aromatic rings. The van der Waals surface area contributed by atoms with Crippen LogP contribution in [0.3, 0.4) is 0 Å². The van der Waals surface area contributed by atoms with E-state index in [2.05, 4.69) is 30.0 Å². The van der Waals surface area contributed by atoms with Crippen molar-refractivity contribution in [1.82, 2.24) is 15.0 Å². The first-order valence-corrected chi connectivity index (χ1v) is 18.6. The first-order chi connectivity index (χ1) is 20.6. The van der Waals surface area contributed by atoms with Gasteiger partial charge in [-0.1, -0.05) is 66.8 Å². The van der Waals surface area contributed by atoms with Crippen molar-refractivity contribution in [3.05, 3.63) is 99.8 Å². The van der Waals surface area contributed by atoms with Crippen molar-refractivity contribution >= 4 is 30.7 Å². The van der Waals surface area contributed by atoms with E-state index in [1.165, 1.54) is 4.68 Å². The largest absolute Gasteiger partial charge is 0.489 e. The summed E-state index contributed by atoms with van der Waals surface area (Å²) in [6.07, 6.45) is 1.13. The maximum atomic E-state index is 13.8. The molecule has 1 saturated carbocycles. The van der Waals surface area contributed by atoms with Crippen LogP contribution in [0, 0.1) is 24.7 Å². The summed E-state index contributed by atoms with van der Waals surface area (Å²) in [4.78, 5) is 40.7. The second kappa shape index (κ2) is 13.0. The number of ether oxygens (including phenoxy) is 2. The smallest absolute Gasteiger partial charge is 0.310 e. The van der Waals surface area contributed by atoms with Crippen molar-refractivity contribution in [1.29, 1.82) is 0 Å². The van der Waals surface area contributed by atoms with Crippen molar-refractivity contribution in [3.63, 3.8) is 0 Å². The van der Waals surface area contributed by atoms with E-state index in [1.54, 1.807) is 36.4 Å². The normalized spacial score (nSPS) is 18.5. The van der Waals surface area contributed by atoms with Crippen LogP contribution in [0.4, 0.5) is 0 Å². The van der Waals surface area contributed by atoms with Crippen LogP contribution in [0.25, 0.3) is 10.9 Å². The number of aryl methyl sites for hydroxylation is 1. The van der Waals surface area contributed by atoms with Crippen LogP contribution in [0.15, 0.2) is 77.6 Å². The molecule has 0 bridgehead atoms. The molecule has 1 aromatic heterocycles. The highest BCUT2D eigenvalue weighted by Crippen LogP contribution is 2.41. The highest BCUT2D eigenvalue weighted by molar-refractivity contribution is 6.76.